The number of para-hydroxylation sites is 1. The topological polar surface area (TPSA) is 58.2 Å². The molecule has 0 atom stereocenters. The highest BCUT2D eigenvalue weighted by Crippen LogP contribution is 2.22. The van der Waals surface area contributed by atoms with Crippen LogP contribution >= 0.6 is 0 Å². The third-order valence-corrected chi connectivity index (χ3v) is 2.99. The molecule has 0 unspecified atom stereocenters. The van der Waals surface area contributed by atoms with E-state index in [0.29, 0.717) is 13.0 Å². The van der Waals surface area contributed by atoms with Crippen molar-refractivity contribution in [2.45, 2.75) is 40.0 Å². The van der Waals surface area contributed by atoms with Crippen LogP contribution in [0.2, 0.25) is 0 Å². The summed E-state index contributed by atoms with van der Waals surface area (Å²) < 4.78 is 0. The number of nitrogens with one attached hydrogen (secondary N) is 2. The molecule has 4 heteroatoms. The Kier molecular flexibility index (Phi) is 6.06. The summed E-state index contributed by atoms with van der Waals surface area (Å²) in [7, 11) is 0. The van der Waals surface area contributed by atoms with E-state index in [0.717, 1.165) is 29.7 Å². The van der Waals surface area contributed by atoms with Gasteiger partial charge in [-0.2, -0.15) is 0 Å². The molecule has 0 aliphatic carbocycles. The summed E-state index contributed by atoms with van der Waals surface area (Å²) >= 11 is 0. The standard InChI is InChI=1S/C15H22N2O2/c1-4-12-7-6-8-13(5-2)15(12)17-14(19)9-10-16-11(3)18/h6-8H,4-5,9-10H2,1-3H3,(H,16,18)(H,17,19). The highest BCUT2D eigenvalue weighted by atomic mass is 16.2. The molecule has 2 N–H and O–H groups in total. The molecule has 0 fully saturated rings. The summed E-state index contributed by atoms with van der Waals surface area (Å²) in [6, 6.07) is 6.08. The second-order valence-electron chi connectivity index (χ2n) is 4.44. The largest absolute Gasteiger partial charge is 0.356 e. The first-order valence-corrected chi connectivity index (χ1v) is 6.73. The van der Waals surface area contributed by atoms with Crippen molar-refractivity contribution in [3.8, 4) is 0 Å². The monoisotopic (exact) mass is 262 g/mol. The average Bonchev–Trinajstić information content (AvgIpc) is 2.38. The predicted octanol–water partition coefficient (Wildman–Crippen LogP) is 2.28. The van der Waals surface area contributed by atoms with Gasteiger partial charge in [-0.25, -0.2) is 0 Å². The first kappa shape index (κ1) is 15.2. The number of rotatable bonds is 6. The Bertz CT molecular complexity index is 433. The molecule has 1 aromatic carbocycles. The zero-order chi connectivity index (χ0) is 14.3. The Morgan fingerprint density at radius 1 is 1.11 bits per heavy atom. The first-order chi connectivity index (χ1) is 9.08. The van der Waals surface area contributed by atoms with Crippen molar-refractivity contribution in [2.75, 3.05) is 11.9 Å². The van der Waals surface area contributed by atoms with E-state index in [-0.39, 0.29) is 11.8 Å². The van der Waals surface area contributed by atoms with E-state index in [2.05, 4.69) is 24.5 Å². The molecule has 4 nitrogen and oxygen atoms in total. The summed E-state index contributed by atoms with van der Waals surface area (Å²) in [6.07, 6.45) is 2.06. The molecular weight excluding hydrogens is 240 g/mol. The van der Waals surface area contributed by atoms with Crippen molar-refractivity contribution in [2.24, 2.45) is 0 Å². The molecule has 0 aromatic heterocycles. The molecule has 0 aliphatic rings. The van der Waals surface area contributed by atoms with Gasteiger partial charge in [-0.3, -0.25) is 9.59 Å². The van der Waals surface area contributed by atoms with Crippen molar-refractivity contribution in [1.29, 1.82) is 0 Å². The van der Waals surface area contributed by atoms with Gasteiger partial charge >= 0.3 is 0 Å². The SMILES string of the molecule is CCc1cccc(CC)c1NC(=O)CCNC(C)=O. The van der Waals surface area contributed by atoms with Gasteiger partial charge in [0.05, 0.1) is 0 Å². The van der Waals surface area contributed by atoms with E-state index in [1.54, 1.807) is 0 Å². The smallest absolute Gasteiger partial charge is 0.226 e. The number of hydrogen-bond donors (Lipinski definition) is 2. The molecular formula is C15H22N2O2. The molecule has 1 aromatic rings. The van der Waals surface area contributed by atoms with Crippen LogP contribution in [0.5, 0.6) is 0 Å². The van der Waals surface area contributed by atoms with E-state index in [4.69, 9.17) is 0 Å². The lowest BCUT2D eigenvalue weighted by Gasteiger charge is -2.14. The normalized spacial score (nSPS) is 10.1. The highest BCUT2D eigenvalue weighted by Gasteiger charge is 2.09. The van der Waals surface area contributed by atoms with Gasteiger partial charge < -0.3 is 10.6 Å². The van der Waals surface area contributed by atoms with Crippen LogP contribution in [0.25, 0.3) is 0 Å². The molecule has 0 radical (unpaired) electrons. The summed E-state index contributed by atoms with van der Waals surface area (Å²) in [4.78, 5) is 22.6. The van der Waals surface area contributed by atoms with E-state index in [1.165, 1.54) is 6.92 Å². The molecule has 2 amide bonds. The van der Waals surface area contributed by atoms with E-state index >= 15 is 0 Å². The number of hydrogen-bond acceptors (Lipinski definition) is 2. The maximum Gasteiger partial charge on any atom is 0.226 e. The van der Waals surface area contributed by atoms with Crippen LogP contribution in [0.4, 0.5) is 5.69 Å². The Hall–Kier alpha value is -1.84. The number of benzene rings is 1. The van der Waals surface area contributed by atoms with Gasteiger partial charge in [0.15, 0.2) is 0 Å². The van der Waals surface area contributed by atoms with Gasteiger partial charge in [-0.05, 0) is 24.0 Å². The fourth-order valence-electron chi connectivity index (χ4n) is 1.96. The van der Waals surface area contributed by atoms with E-state index in [9.17, 15) is 9.59 Å². The second-order valence-corrected chi connectivity index (χ2v) is 4.44. The van der Waals surface area contributed by atoms with Crippen molar-refractivity contribution in [3.05, 3.63) is 29.3 Å². The summed E-state index contributed by atoms with van der Waals surface area (Å²) in [5.41, 5.74) is 3.22. The Labute approximate surface area is 114 Å². The van der Waals surface area contributed by atoms with Gasteiger partial charge in [0.1, 0.15) is 0 Å². The van der Waals surface area contributed by atoms with Crippen LogP contribution < -0.4 is 10.6 Å². The number of carbonyl (C=O) groups excluding carboxylic acids is 2. The minimum atomic E-state index is -0.115. The number of aryl methyl sites for hydroxylation is 2. The zero-order valence-corrected chi connectivity index (χ0v) is 11.9. The van der Waals surface area contributed by atoms with E-state index in [1.807, 2.05) is 18.2 Å². The van der Waals surface area contributed by atoms with Crippen molar-refractivity contribution in [3.63, 3.8) is 0 Å². The molecule has 0 spiro atoms. The lowest BCUT2D eigenvalue weighted by molar-refractivity contribution is -0.119. The van der Waals surface area contributed by atoms with Crippen LogP contribution in [0, 0.1) is 0 Å². The predicted molar refractivity (Wildman–Crippen MR) is 77.1 cm³/mol. The Morgan fingerprint density at radius 3 is 2.16 bits per heavy atom. The minimum Gasteiger partial charge on any atom is -0.356 e. The maximum atomic E-state index is 11.9. The lowest BCUT2D eigenvalue weighted by atomic mass is 10.0. The van der Waals surface area contributed by atoms with Gasteiger partial charge in [-0.1, -0.05) is 32.0 Å². The molecule has 0 saturated carbocycles. The van der Waals surface area contributed by atoms with E-state index < -0.39 is 0 Å². The zero-order valence-electron chi connectivity index (χ0n) is 11.9. The average molecular weight is 262 g/mol. The summed E-state index contributed by atoms with van der Waals surface area (Å²) in [5, 5.41) is 5.58. The minimum absolute atomic E-state index is 0.0654. The lowest BCUT2D eigenvalue weighted by Crippen LogP contribution is -2.25. The number of anilines is 1. The van der Waals surface area contributed by atoms with Crippen LogP contribution in [0.3, 0.4) is 0 Å². The maximum absolute atomic E-state index is 11.9. The fraction of sp³-hybridized carbons (Fsp3) is 0.467. The Balaban J connectivity index is 2.69. The molecule has 19 heavy (non-hydrogen) atoms. The van der Waals surface area contributed by atoms with Crippen LogP contribution in [-0.4, -0.2) is 18.4 Å². The van der Waals surface area contributed by atoms with Gasteiger partial charge in [0, 0.05) is 25.6 Å². The molecule has 0 bridgehead atoms. The second kappa shape index (κ2) is 7.56. The van der Waals surface area contributed by atoms with Gasteiger partial charge in [0.25, 0.3) is 0 Å². The fourth-order valence-corrected chi connectivity index (χ4v) is 1.96. The van der Waals surface area contributed by atoms with Gasteiger partial charge in [-0.15, -0.1) is 0 Å². The van der Waals surface area contributed by atoms with Crippen molar-refractivity contribution in [1.82, 2.24) is 5.32 Å². The number of carbonyl (C=O) groups is 2. The third-order valence-electron chi connectivity index (χ3n) is 2.99. The molecule has 0 aliphatic heterocycles. The van der Waals surface area contributed by atoms with Crippen molar-refractivity contribution < 1.29 is 9.59 Å². The quantitative estimate of drug-likeness (QED) is 0.826. The summed E-state index contributed by atoms with van der Waals surface area (Å²) in [5.74, 6) is -0.180. The first-order valence-electron chi connectivity index (χ1n) is 6.73. The summed E-state index contributed by atoms with van der Waals surface area (Å²) in [6.45, 7) is 5.96. The van der Waals surface area contributed by atoms with Crippen LogP contribution in [-0.2, 0) is 22.4 Å². The number of amides is 2. The Morgan fingerprint density at radius 2 is 1.68 bits per heavy atom. The van der Waals surface area contributed by atoms with Crippen LogP contribution in [0.1, 0.15) is 38.3 Å². The van der Waals surface area contributed by atoms with Gasteiger partial charge in [0.2, 0.25) is 11.8 Å². The van der Waals surface area contributed by atoms with Crippen LogP contribution in [0.15, 0.2) is 18.2 Å². The molecule has 0 saturated heterocycles. The third kappa shape index (κ3) is 4.73. The highest BCUT2D eigenvalue weighted by molar-refractivity contribution is 5.92. The molecule has 1 rings (SSSR count). The van der Waals surface area contributed by atoms with Crippen molar-refractivity contribution >= 4 is 17.5 Å². The molecule has 104 valence electrons. The molecule has 0 heterocycles.